The zero-order valence-electron chi connectivity index (χ0n) is 11.7. The number of thioether (sulfide) groups is 1. The van der Waals surface area contributed by atoms with Crippen LogP contribution in [0.5, 0.6) is 0 Å². The maximum atomic E-state index is 12.4. The van der Waals surface area contributed by atoms with Crippen molar-refractivity contribution in [2.45, 2.75) is 18.6 Å². The molecule has 8 heteroatoms. The molecule has 0 aromatic heterocycles. The van der Waals surface area contributed by atoms with E-state index < -0.39 is 11.2 Å². The summed E-state index contributed by atoms with van der Waals surface area (Å²) in [5, 5.41) is 0.0370. The van der Waals surface area contributed by atoms with Crippen LogP contribution in [-0.2, 0) is 19.1 Å². The number of anilines is 1. The Hall–Kier alpha value is -1.24. The van der Waals surface area contributed by atoms with E-state index in [4.69, 9.17) is 27.9 Å². The Balaban J connectivity index is 2.10. The van der Waals surface area contributed by atoms with Crippen molar-refractivity contribution in [3.05, 3.63) is 28.2 Å². The van der Waals surface area contributed by atoms with Gasteiger partial charge < -0.3 is 4.74 Å². The highest BCUT2D eigenvalue weighted by Crippen LogP contribution is 2.35. The lowest BCUT2D eigenvalue weighted by Crippen LogP contribution is -2.31. The molecule has 118 valence electrons. The Morgan fingerprint density at radius 3 is 2.77 bits per heavy atom. The lowest BCUT2D eigenvalue weighted by atomic mass is 10.3. The minimum absolute atomic E-state index is 0.0275. The molecular formula is C14H13Cl2NO4S. The van der Waals surface area contributed by atoms with Crippen LogP contribution in [0.25, 0.3) is 0 Å². The molecule has 0 saturated carbocycles. The van der Waals surface area contributed by atoms with Gasteiger partial charge in [0.25, 0.3) is 0 Å². The van der Waals surface area contributed by atoms with Crippen LogP contribution in [-0.4, -0.2) is 35.4 Å². The van der Waals surface area contributed by atoms with Crippen molar-refractivity contribution < 1.29 is 19.1 Å². The van der Waals surface area contributed by atoms with Gasteiger partial charge >= 0.3 is 5.97 Å². The zero-order valence-corrected chi connectivity index (χ0v) is 14.0. The molecule has 0 spiro atoms. The summed E-state index contributed by atoms with van der Waals surface area (Å²) in [5.41, 5.74) is 0.306. The predicted molar refractivity (Wildman–Crippen MR) is 86.5 cm³/mol. The molecule has 0 N–H and O–H groups in total. The van der Waals surface area contributed by atoms with Crippen LogP contribution in [0.3, 0.4) is 0 Å². The lowest BCUT2D eigenvalue weighted by Gasteiger charge is -2.16. The van der Waals surface area contributed by atoms with Crippen LogP contribution in [0.2, 0.25) is 10.0 Å². The summed E-state index contributed by atoms with van der Waals surface area (Å²) in [4.78, 5) is 36.8. The smallest absolute Gasteiger partial charge is 0.315 e. The Morgan fingerprint density at radius 2 is 2.14 bits per heavy atom. The number of rotatable bonds is 5. The fourth-order valence-electron chi connectivity index (χ4n) is 2.02. The van der Waals surface area contributed by atoms with Gasteiger partial charge in [-0.05, 0) is 25.1 Å². The molecule has 0 radical (unpaired) electrons. The molecule has 1 heterocycles. The zero-order chi connectivity index (χ0) is 16.3. The molecule has 1 aromatic carbocycles. The number of halogens is 2. The number of hydrogen-bond acceptors (Lipinski definition) is 5. The molecule has 1 aromatic rings. The Kier molecular flexibility index (Phi) is 5.72. The van der Waals surface area contributed by atoms with E-state index in [-0.39, 0.29) is 35.6 Å². The van der Waals surface area contributed by atoms with E-state index >= 15 is 0 Å². The van der Waals surface area contributed by atoms with Crippen molar-refractivity contribution in [1.82, 2.24) is 0 Å². The van der Waals surface area contributed by atoms with Crippen LogP contribution in [0.15, 0.2) is 18.2 Å². The number of carbonyl (C=O) groups is 3. The SMILES string of the molecule is CCOC(=O)CS[C@@H]1CC(=O)N(c2ccc(Cl)cc2Cl)C1=O. The number of esters is 1. The van der Waals surface area contributed by atoms with Crippen molar-refractivity contribution in [3.63, 3.8) is 0 Å². The first-order valence-corrected chi connectivity index (χ1v) is 8.33. The number of nitrogens with zero attached hydrogens (tertiary/aromatic N) is 1. The van der Waals surface area contributed by atoms with Crippen LogP contribution in [0.4, 0.5) is 5.69 Å². The summed E-state index contributed by atoms with van der Waals surface area (Å²) < 4.78 is 4.80. The molecule has 0 unspecified atom stereocenters. The Labute approximate surface area is 141 Å². The molecule has 1 saturated heterocycles. The van der Waals surface area contributed by atoms with Crippen molar-refractivity contribution in [2.75, 3.05) is 17.3 Å². The van der Waals surface area contributed by atoms with Gasteiger partial charge in [-0.2, -0.15) is 0 Å². The molecule has 22 heavy (non-hydrogen) atoms. The summed E-state index contributed by atoms with van der Waals surface area (Å²) in [6, 6.07) is 4.55. The summed E-state index contributed by atoms with van der Waals surface area (Å²) in [6.45, 7) is 1.99. The summed E-state index contributed by atoms with van der Waals surface area (Å²) in [6.07, 6.45) is 0.0296. The van der Waals surface area contributed by atoms with Gasteiger partial charge in [0.2, 0.25) is 11.8 Å². The number of benzene rings is 1. The summed E-state index contributed by atoms with van der Waals surface area (Å²) in [7, 11) is 0. The number of imide groups is 1. The fourth-order valence-corrected chi connectivity index (χ4v) is 3.44. The third kappa shape index (κ3) is 3.74. The second-order valence-electron chi connectivity index (χ2n) is 4.47. The van der Waals surface area contributed by atoms with Gasteiger partial charge in [-0.1, -0.05) is 23.2 Å². The highest BCUT2D eigenvalue weighted by molar-refractivity contribution is 8.01. The Morgan fingerprint density at radius 1 is 1.41 bits per heavy atom. The first-order valence-electron chi connectivity index (χ1n) is 6.53. The van der Waals surface area contributed by atoms with Crippen LogP contribution >= 0.6 is 35.0 Å². The molecule has 1 atom stereocenters. The van der Waals surface area contributed by atoms with Gasteiger partial charge in [0.15, 0.2) is 0 Å². The molecule has 1 aliphatic rings. The number of amides is 2. The van der Waals surface area contributed by atoms with Gasteiger partial charge in [-0.3, -0.25) is 14.4 Å². The highest BCUT2D eigenvalue weighted by Gasteiger charge is 2.40. The minimum Gasteiger partial charge on any atom is -0.465 e. The average Bonchev–Trinajstić information content (AvgIpc) is 2.72. The maximum Gasteiger partial charge on any atom is 0.315 e. The highest BCUT2D eigenvalue weighted by atomic mass is 35.5. The van der Waals surface area contributed by atoms with E-state index in [1.165, 1.54) is 12.1 Å². The normalized spacial score (nSPS) is 18.0. The van der Waals surface area contributed by atoms with Crippen LogP contribution in [0, 0.1) is 0 Å². The quantitative estimate of drug-likeness (QED) is 0.595. The van der Waals surface area contributed by atoms with E-state index in [0.717, 1.165) is 16.7 Å². The molecule has 0 bridgehead atoms. The van der Waals surface area contributed by atoms with Crippen LogP contribution < -0.4 is 4.90 Å². The molecule has 1 fully saturated rings. The Bertz CT molecular complexity index is 623. The molecule has 2 rings (SSSR count). The van der Waals surface area contributed by atoms with Crippen molar-refractivity contribution >= 4 is 58.4 Å². The van der Waals surface area contributed by atoms with E-state index in [9.17, 15) is 14.4 Å². The fraction of sp³-hybridized carbons (Fsp3) is 0.357. The molecular weight excluding hydrogens is 349 g/mol. The average molecular weight is 362 g/mol. The standard InChI is InChI=1S/C14H13Cl2NO4S/c1-2-21-13(19)7-22-11-6-12(18)17(14(11)20)10-4-3-8(15)5-9(10)16/h3-5,11H,2,6-7H2,1H3/t11-/m1/s1. The third-order valence-corrected chi connectivity index (χ3v) is 4.67. The van der Waals surface area contributed by atoms with Gasteiger partial charge in [-0.25, -0.2) is 4.90 Å². The molecule has 2 amide bonds. The van der Waals surface area contributed by atoms with E-state index in [0.29, 0.717) is 10.7 Å². The second kappa shape index (κ2) is 7.35. The third-order valence-electron chi connectivity index (χ3n) is 2.96. The van der Waals surface area contributed by atoms with E-state index in [1.54, 1.807) is 13.0 Å². The lowest BCUT2D eigenvalue weighted by molar-refractivity contribution is -0.139. The van der Waals surface area contributed by atoms with Crippen molar-refractivity contribution in [1.29, 1.82) is 0 Å². The van der Waals surface area contributed by atoms with Crippen molar-refractivity contribution in [3.8, 4) is 0 Å². The second-order valence-corrected chi connectivity index (χ2v) is 6.51. The molecule has 0 aliphatic carbocycles. The number of ether oxygens (including phenoxy) is 1. The number of carbonyl (C=O) groups excluding carboxylic acids is 3. The van der Waals surface area contributed by atoms with Gasteiger partial charge in [0.05, 0.1) is 28.3 Å². The summed E-state index contributed by atoms with van der Waals surface area (Å²) in [5.74, 6) is -1.12. The molecule has 1 aliphatic heterocycles. The largest absolute Gasteiger partial charge is 0.465 e. The van der Waals surface area contributed by atoms with E-state index in [2.05, 4.69) is 0 Å². The predicted octanol–water partition coefficient (Wildman–Crippen LogP) is 2.92. The van der Waals surface area contributed by atoms with Crippen LogP contribution in [0.1, 0.15) is 13.3 Å². The monoisotopic (exact) mass is 361 g/mol. The van der Waals surface area contributed by atoms with E-state index in [1.807, 2.05) is 0 Å². The molecule has 5 nitrogen and oxygen atoms in total. The topological polar surface area (TPSA) is 63.7 Å². The maximum absolute atomic E-state index is 12.4. The first-order chi connectivity index (χ1) is 10.4. The first kappa shape index (κ1) is 17.1. The van der Waals surface area contributed by atoms with Gasteiger partial charge in [-0.15, -0.1) is 11.8 Å². The minimum atomic E-state index is -0.608. The van der Waals surface area contributed by atoms with Gasteiger partial charge in [0.1, 0.15) is 0 Å². The number of hydrogen-bond donors (Lipinski definition) is 0. The van der Waals surface area contributed by atoms with Gasteiger partial charge in [0, 0.05) is 11.4 Å². The van der Waals surface area contributed by atoms with Crippen molar-refractivity contribution in [2.24, 2.45) is 0 Å². The summed E-state index contributed by atoms with van der Waals surface area (Å²) >= 11 is 13.0.